The Kier molecular flexibility index (Phi) is 3.33. The summed E-state index contributed by atoms with van der Waals surface area (Å²) in [4.78, 5) is 11.5. The third-order valence-electron chi connectivity index (χ3n) is 3.68. The highest BCUT2D eigenvalue weighted by Gasteiger charge is 2.25. The number of esters is 1. The van der Waals surface area contributed by atoms with Crippen LogP contribution in [0.2, 0.25) is 0 Å². The summed E-state index contributed by atoms with van der Waals surface area (Å²) in [5.74, 6) is -0.380. The number of methoxy groups -OCH3 is 1. The van der Waals surface area contributed by atoms with Gasteiger partial charge in [-0.25, -0.2) is 0 Å². The van der Waals surface area contributed by atoms with Crippen molar-refractivity contribution in [3.63, 3.8) is 0 Å². The molecule has 0 amide bonds. The number of rotatable bonds is 2. The number of anilines is 1. The van der Waals surface area contributed by atoms with Gasteiger partial charge in [0.25, 0.3) is 0 Å². The number of hydrogen-bond acceptors (Lipinski definition) is 3. The maximum Gasteiger partial charge on any atom is 0.312 e. The van der Waals surface area contributed by atoms with Gasteiger partial charge in [0, 0.05) is 11.2 Å². The average molecular weight is 247 g/mol. The Morgan fingerprint density at radius 2 is 2.17 bits per heavy atom. The Morgan fingerprint density at radius 1 is 1.44 bits per heavy atom. The van der Waals surface area contributed by atoms with E-state index in [1.807, 2.05) is 13.0 Å². The summed E-state index contributed by atoms with van der Waals surface area (Å²) < 4.78 is 4.79. The van der Waals surface area contributed by atoms with E-state index in [9.17, 15) is 4.79 Å². The highest BCUT2D eigenvalue weighted by Crippen LogP contribution is 2.32. The molecule has 0 saturated heterocycles. The number of benzene rings is 1. The summed E-state index contributed by atoms with van der Waals surface area (Å²) >= 11 is 0. The highest BCUT2D eigenvalue weighted by molar-refractivity contribution is 5.78. The summed E-state index contributed by atoms with van der Waals surface area (Å²) in [5, 5.41) is 3.53. The molecule has 1 aliphatic rings. The first-order chi connectivity index (χ1) is 8.43. The van der Waals surface area contributed by atoms with Crippen LogP contribution in [0.15, 0.2) is 18.2 Å². The number of nitrogens with one attached hydrogen (secondary N) is 1. The molecule has 0 aliphatic carbocycles. The first-order valence-corrected chi connectivity index (χ1v) is 6.42. The van der Waals surface area contributed by atoms with Gasteiger partial charge in [-0.15, -0.1) is 0 Å². The van der Waals surface area contributed by atoms with Crippen LogP contribution in [-0.2, 0) is 16.0 Å². The second-order valence-electron chi connectivity index (χ2n) is 5.67. The van der Waals surface area contributed by atoms with Crippen molar-refractivity contribution in [1.29, 1.82) is 0 Å². The van der Waals surface area contributed by atoms with Crippen LogP contribution in [0.25, 0.3) is 0 Å². The van der Waals surface area contributed by atoms with Crippen LogP contribution in [-0.4, -0.2) is 18.6 Å². The molecule has 3 nitrogen and oxygen atoms in total. The molecule has 0 bridgehead atoms. The van der Waals surface area contributed by atoms with Gasteiger partial charge < -0.3 is 10.1 Å². The van der Waals surface area contributed by atoms with E-state index >= 15 is 0 Å². The lowest BCUT2D eigenvalue weighted by molar-refractivity contribution is -0.141. The lowest BCUT2D eigenvalue weighted by atomic mass is 9.87. The zero-order valence-electron chi connectivity index (χ0n) is 11.5. The first kappa shape index (κ1) is 12.9. The van der Waals surface area contributed by atoms with E-state index in [0.717, 1.165) is 18.4 Å². The van der Waals surface area contributed by atoms with E-state index in [-0.39, 0.29) is 17.4 Å². The minimum absolute atomic E-state index is 0.155. The third-order valence-corrected chi connectivity index (χ3v) is 3.68. The van der Waals surface area contributed by atoms with Crippen molar-refractivity contribution < 1.29 is 9.53 Å². The molecule has 1 aromatic rings. The Hall–Kier alpha value is -1.51. The fourth-order valence-corrected chi connectivity index (χ4v) is 2.40. The smallest absolute Gasteiger partial charge is 0.312 e. The number of fused-ring (bicyclic) bond motifs is 1. The van der Waals surface area contributed by atoms with E-state index in [2.05, 4.69) is 31.3 Å². The molecular formula is C15H21NO2. The van der Waals surface area contributed by atoms with Crippen molar-refractivity contribution in [3.8, 4) is 0 Å². The highest BCUT2D eigenvalue weighted by atomic mass is 16.5. The van der Waals surface area contributed by atoms with Gasteiger partial charge in [-0.3, -0.25) is 4.79 Å². The number of carbonyl (C=O) groups excluding carboxylic acids is 1. The van der Waals surface area contributed by atoms with Crippen molar-refractivity contribution >= 4 is 11.7 Å². The van der Waals surface area contributed by atoms with Gasteiger partial charge in [0.15, 0.2) is 0 Å². The minimum Gasteiger partial charge on any atom is -0.469 e. The summed E-state index contributed by atoms with van der Waals surface area (Å²) in [6, 6.07) is 6.21. The SMILES string of the molecule is COC(=O)C(C)c1ccc2c(c1)CCC(C)(C)N2. The zero-order valence-corrected chi connectivity index (χ0v) is 11.5. The third kappa shape index (κ3) is 2.50. The fraction of sp³-hybridized carbons (Fsp3) is 0.533. The lowest BCUT2D eigenvalue weighted by Crippen LogP contribution is -2.35. The number of aryl methyl sites for hydroxylation is 1. The van der Waals surface area contributed by atoms with Gasteiger partial charge >= 0.3 is 5.97 Å². The summed E-state index contributed by atoms with van der Waals surface area (Å²) in [7, 11) is 1.43. The Morgan fingerprint density at radius 3 is 2.83 bits per heavy atom. The first-order valence-electron chi connectivity index (χ1n) is 6.42. The van der Waals surface area contributed by atoms with Crippen LogP contribution in [0.3, 0.4) is 0 Å². The van der Waals surface area contributed by atoms with E-state index in [1.165, 1.54) is 18.4 Å². The number of ether oxygens (including phenoxy) is 1. The number of hydrogen-bond donors (Lipinski definition) is 1. The number of carbonyl (C=O) groups is 1. The predicted octanol–water partition coefficient (Wildman–Crippen LogP) is 3.10. The normalized spacial score (nSPS) is 18.4. The maximum atomic E-state index is 11.5. The molecule has 0 spiro atoms. The predicted molar refractivity (Wildman–Crippen MR) is 72.9 cm³/mol. The van der Waals surface area contributed by atoms with Gasteiger partial charge in [0.05, 0.1) is 13.0 Å². The molecular weight excluding hydrogens is 226 g/mol. The van der Waals surface area contributed by atoms with Gasteiger partial charge in [-0.1, -0.05) is 12.1 Å². The van der Waals surface area contributed by atoms with Crippen LogP contribution >= 0.6 is 0 Å². The van der Waals surface area contributed by atoms with Crippen molar-refractivity contribution in [1.82, 2.24) is 0 Å². The molecule has 1 aromatic carbocycles. The molecule has 18 heavy (non-hydrogen) atoms. The summed E-state index contributed by atoms with van der Waals surface area (Å²) in [6.07, 6.45) is 2.16. The molecule has 1 N–H and O–H groups in total. The molecule has 1 aliphatic heterocycles. The van der Waals surface area contributed by atoms with Crippen LogP contribution in [0.4, 0.5) is 5.69 Å². The minimum atomic E-state index is -0.199. The molecule has 0 fully saturated rings. The van der Waals surface area contributed by atoms with Gasteiger partial charge in [-0.2, -0.15) is 0 Å². The zero-order chi connectivity index (χ0) is 13.3. The quantitative estimate of drug-likeness (QED) is 0.816. The standard InChI is InChI=1S/C15H21NO2/c1-10(14(17)18-4)11-5-6-13-12(9-11)7-8-15(2,3)16-13/h5-6,9-10,16H,7-8H2,1-4H3. The largest absolute Gasteiger partial charge is 0.469 e. The molecule has 3 heteroatoms. The second kappa shape index (κ2) is 4.63. The van der Waals surface area contributed by atoms with Crippen LogP contribution in [0.1, 0.15) is 44.2 Å². The lowest BCUT2D eigenvalue weighted by Gasteiger charge is -2.34. The average Bonchev–Trinajstić information content (AvgIpc) is 2.35. The van der Waals surface area contributed by atoms with E-state index in [4.69, 9.17) is 4.74 Å². The van der Waals surface area contributed by atoms with Crippen LogP contribution in [0.5, 0.6) is 0 Å². The molecule has 0 radical (unpaired) electrons. The van der Waals surface area contributed by atoms with Crippen LogP contribution < -0.4 is 5.32 Å². The molecule has 0 saturated carbocycles. The topological polar surface area (TPSA) is 38.3 Å². The van der Waals surface area contributed by atoms with Gasteiger partial charge in [0.2, 0.25) is 0 Å². The van der Waals surface area contributed by atoms with Crippen molar-refractivity contribution in [3.05, 3.63) is 29.3 Å². The second-order valence-corrected chi connectivity index (χ2v) is 5.67. The van der Waals surface area contributed by atoms with Gasteiger partial charge in [-0.05, 0) is 50.8 Å². The molecule has 2 rings (SSSR count). The van der Waals surface area contributed by atoms with Crippen molar-refractivity contribution in [2.75, 3.05) is 12.4 Å². The molecule has 98 valence electrons. The fourth-order valence-electron chi connectivity index (χ4n) is 2.40. The van der Waals surface area contributed by atoms with E-state index in [0.29, 0.717) is 0 Å². The summed E-state index contributed by atoms with van der Waals surface area (Å²) in [5.41, 5.74) is 3.67. The Labute approximate surface area is 109 Å². The monoisotopic (exact) mass is 247 g/mol. The summed E-state index contributed by atoms with van der Waals surface area (Å²) in [6.45, 7) is 6.30. The van der Waals surface area contributed by atoms with Crippen molar-refractivity contribution in [2.45, 2.75) is 45.1 Å². The maximum absolute atomic E-state index is 11.5. The van der Waals surface area contributed by atoms with E-state index < -0.39 is 0 Å². The van der Waals surface area contributed by atoms with Crippen LogP contribution in [0, 0.1) is 0 Å². The Balaban J connectivity index is 2.26. The van der Waals surface area contributed by atoms with E-state index in [1.54, 1.807) is 0 Å². The Bertz CT molecular complexity index is 466. The van der Waals surface area contributed by atoms with Crippen molar-refractivity contribution in [2.24, 2.45) is 0 Å². The molecule has 1 atom stereocenters. The molecule has 1 heterocycles. The molecule has 1 unspecified atom stereocenters. The van der Waals surface area contributed by atoms with Gasteiger partial charge in [0.1, 0.15) is 0 Å². The molecule has 0 aromatic heterocycles.